The summed E-state index contributed by atoms with van der Waals surface area (Å²) in [5.74, 6) is -0.887. The summed E-state index contributed by atoms with van der Waals surface area (Å²) < 4.78 is 0. The first-order valence-corrected chi connectivity index (χ1v) is 9.58. The highest BCUT2D eigenvalue weighted by Crippen LogP contribution is 2.42. The van der Waals surface area contributed by atoms with E-state index in [9.17, 15) is 9.59 Å². The zero-order valence-electron chi connectivity index (χ0n) is 15.7. The minimum absolute atomic E-state index is 0.136. The quantitative estimate of drug-likeness (QED) is 0.756. The number of para-hydroxylation sites is 2. The van der Waals surface area contributed by atoms with Crippen molar-refractivity contribution >= 4 is 23.2 Å². The van der Waals surface area contributed by atoms with Crippen molar-refractivity contribution in [3.8, 4) is 0 Å². The van der Waals surface area contributed by atoms with Crippen molar-refractivity contribution < 1.29 is 14.4 Å². The first-order chi connectivity index (χ1) is 13.1. The van der Waals surface area contributed by atoms with Crippen molar-refractivity contribution in [3.63, 3.8) is 0 Å². The van der Waals surface area contributed by atoms with Crippen LogP contribution in [-0.2, 0) is 14.4 Å². The Morgan fingerprint density at radius 3 is 2.37 bits per heavy atom. The number of unbranched alkanes of at least 4 members (excludes halogenated alkanes) is 1. The Bertz CT molecular complexity index is 852. The zero-order valence-corrected chi connectivity index (χ0v) is 15.7. The molecule has 3 atom stereocenters. The van der Waals surface area contributed by atoms with Crippen LogP contribution in [0.2, 0.25) is 0 Å². The standard InChI is InChI=1S/C22H24N2O3/c1-3-4-13-18-19-20(27-24(18)16-11-6-5-7-12-16)22(26)23(21(19)25)17-14-9-8-10-15(17)2/h5-12,14,18-20H,3-4,13H2,1-2H3/t18-,19+,20+/m1/s1. The van der Waals surface area contributed by atoms with Gasteiger partial charge in [-0.3, -0.25) is 14.4 Å². The number of hydroxylamine groups is 1. The van der Waals surface area contributed by atoms with Crippen LogP contribution >= 0.6 is 0 Å². The van der Waals surface area contributed by atoms with E-state index in [2.05, 4.69) is 6.92 Å². The van der Waals surface area contributed by atoms with Gasteiger partial charge < -0.3 is 0 Å². The Balaban J connectivity index is 1.69. The number of rotatable bonds is 5. The van der Waals surface area contributed by atoms with Crippen molar-refractivity contribution in [3.05, 3.63) is 60.2 Å². The normalized spacial score (nSPS) is 24.6. The number of anilines is 2. The lowest BCUT2D eigenvalue weighted by atomic mass is 9.92. The van der Waals surface area contributed by atoms with Gasteiger partial charge in [0.1, 0.15) is 0 Å². The molecule has 2 fully saturated rings. The number of hydrogen-bond acceptors (Lipinski definition) is 4. The van der Waals surface area contributed by atoms with E-state index in [-0.39, 0.29) is 17.9 Å². The van der Waals surface area contributed by atoms with Crippen LogP contribution in [-0.4, -0.2) is 24.0 Å². The third-order valence-electron chi connectivity index (χ3n) is 5.46. The number of aryl methyl sites for hydroxylation is 1. The largest absolute Gasteiger partial charge is 0.273 e. The number of benzene rings is 2. The summed E-state index contributed by atoms with van der Waals surface area (Å²) in [6.45, 7) is 4.04. The Kier molecular flexibility index (Phi) is 4.70. The maximum atomic E-state index is 13.3. The molecular formula is C22H24N2O3. The van der Waals surface area contributed by atoms with E-state index >= 15 is 0 Å². The highest BCUT2D eigenvalue weighted by Gasteiger charge is 2.59. The van der Waals surface area contributed by atoms with Crippen molar-refractivity contribution in [2.75, 3.05) is 9.96 Å². The second-order valence-electron chi connectivity index (χ2n) is 7.22. The molecular weight excluding hydrogens is 340 g/mol. The van der Waals surface area contributed by atoms with Gasteiger partial charge >= 0.3 is 0 Å². The molecule has 0 N–H and O–H groups in total. The molecule has 2 aliphatic heterocycles. The number of hydrogen-bond donors (Lipinski definition) is 0. The zero-order chi connectivity index (χ0) is 19.0. The fourth-order valence-electron chi connectivity index (χ4n) is 4.08. The Morgan fingerprint density at radius 1 is 0.963 bits per heavy atom. The molecule has 2 aromatic carbocycles. The van der Waals surface area contributed by atoms with Gasteiger partial charge in [0.15, 0.2) is 6.10 Å². The van der Waals surface area contributed by atoms with Crippen LogP contribution in [0.5, 0.6) is 0 Å². The summed E-state index contributed by atoms with van der Waals surface area (Å²) in [5, 5.41) is 1.79. The molecule has 2 heterocycles. The highest BCUT2D eigenvalue weighted by atomic mass is 16.7. The average Bonchev–Trinajstić information content (AvgIpc) is 3.18. The lowest BCUT2D eigenvalue weighted by molar-refractivity contribution is -0.126. The van der Waals surface area contributed by atoms with Crippen LogP contribution in [0.25, 0.3) is 0 Å². The molecule has 0 saturated carbocycles. The number of fused-ring (bicyclic) bond motifs is 1. The molecule has 0 spiro atoms. The second-order valence-corrected chi connectivity index (χ2v) is 7.22. The summed E-state index contributed by atoms with van der Waals surface area (Å²) in [7, 11) is 0. The van der Waals surface area contributed by atoms with Gasteiger partial charge in [-0.15, -0.1) is 0 Å². The fraction of sp³-hybridized carbons (Fsp3) is 0.364. The van der Waals surface area contributed by atoms with Crippen LogP contribution < -0.4 is 9.96 Å². The average molecular weight is 364 g/mol. The summed E-state index contributed by atoms with van der Waals surface area (Å²) in [4.78, 5) is 33.8. The van der Waals surface area contributed by atoms with E-state index in [0.29, 0.717) is 5.69 Å². The first kappa shape index (κ1) is 17.7. The van der Waals surface area contributed by atoms with Gasteiger partial charge in [-0.05, 0) is 37.1 Å². The molecule has 2 saturated heterocycles. The van der Waals surface area contributed by atoms with E-state index in [4.69, 9.17) is 4.84 Å². The lowest BCUT2D eigenvalue weighted by Gasteiger charge is -2.28. The number of nitrogens with zero attached hydrogens (tertiary/aromatic N) is 2. The number of carbonyl (C=O) groups excluding carboxylic acids is 2. The van der Waals surface area contributed by atoms with E-state index in [1.807, 2.05) is 61.5 Å². The summed E-state index contributed by atoms with van der Waals surface area (Å²) in [6, 6.07) is 17.1. The topological polar surface area (TPSA) is 49.9 Å². The Hall–Kier alpha value is -2.66. The maximum absolute atomic E-state index is 13.3. The van der Waals surface area contributed by atoms with Crippen molar-refractivity contribution in [1.82, 2.24) is 0 Å². The van der Waals surface area contributed by atoms with Gasteiger partial charge in [-0.1, -0.05) is 56.2 Å². The Morgan fingerprint density at radius 2 is 1.67 bits per heavy atom. The number of amides is 2. The number of carbonyl (C=O) groups is 2. The molecule has 27 heavy (non-hydrogen) atoms. The van der Waals surface area contributed by atoms with Crippen molar-refractivity contribution in [2.24, 2.45) is 5.92 Å². The highest BCUT2D eigenvalue weighted by molar-refractivity contribution is 6.24. The molecule has 5 nitrogen and oxygen atoms in total. The maximum Gasteiger partial charge on any atom is 0.266 e. The molecule has 5 heteroatoms. The smallest absolute Gasteiger partial charge is 0.266 e. The predicted molar refractivity (Wildman–Crippen MR) is 104 cm³/mol. The van der Waals surface area contributed by atoms with Gasteiger partial charge in [0, 0.05) is 0 Å². The van der Waals surface area contributed by atoms with Crippen LogP contribution in [0.4, 0.5) is 11.4 Å². The van der Waals surface area contributed by atoms with Crippen molar-refractivity contribution in [1.29, 1.82) is 0 Å². The number of imide groups is 1. The predicted octanol–water partition coefficient (Wildman–Crippen LogP) is 3.86. The summed E-state index contributed by atoms with van der Waals surface area (Å²) in [5.41, 5.74) is 2.45. The minimum Gasteiger partial charge on any atom is -0.273 e. The summed E-state index contributed by atoms with van der Waals surface area (Å²) >= 11 is 0. The van der Waals surface area contributed by atoms with Gasteiger partial charge in [-0.25, -0.2) is 9.96 Å². The molecule has 0 aliphatic carbocycles. The molecule has 2 aromatic rings. The third kappa shape index (κ3) is 2.92. The molecule has 4 rings (SSSR count). The fourth-order valence-corrected chi connectivity index (χ4v) is 4.08. The molecule has 2 aliphatic rings. The Labute approximate surface area is 159 Å². The van der Waals surface area contributed by atoms with Gasteiger partial charge in [0.2, 0.25) is 5.91 Å². The molecule has 0 unspecified atom stereocenters. The van der Waals surface area contributed by atoms with Crippen LogP contribution in [0.3, 0.4) is 0 Å². The molecule has 0 radical (unpaired) electrons. The second kappa shape index (κ2) is 7.16. The monoisotopic (exact) mass is 364 g/mol. The van der Waals surface area contributed by atoms with Gasteiger partial charge in [-0.2, -0.15) is 0 Å². The lowest BCUT2D eigenvalue weighted by Crippen LogP contribution is -2.40. The van der Waals surface area contributed by atoms with E-state index in [1.165, 1.54) is 4.90 Å². The SMILES string of the molecule is CCCC[C@@H]1[C@@H]2C(=O)N(c3ccccc3C)C(=O)[C@H]2ON1c1ccccc1. The first-order valence-electron chi connectivity index (χ1n) is 9.58. The van der Waals surface area contributed by atoms with Crippen LogP contribution in [0.15, 0.2) is 54.6 Å². The van der Waals surface area contributed by atoms with Crippen molar-refractivity contribution in [2.45, 2.75) is 45.3 Å². The van der Waals surface area contributed by atoms with E-state index in [1.54, 1.807) is 5.06 Å². The van der Waals surface area contributed by atoms with Crippen LogP contribution in [0, 0.1) is 12.8 Å². The molecule has 0 bridgehead atoms. The van der Waals surface area contributed by atoms with E-state index < -0.39 is 12.0 Å². The van der Waals surface area contributed by atoms with E-state index in [0.717, 1.165) is 30.5 Å². The van der Waals surface area contributed by atoms with Crippen LogP contribution in [0.1, 0.15) is 31.7 Å². The molecule has 140 valence electrons. The minimum atomic E-state index is -0.751. The molecule has 0 aromatic heterocycles. The van der Waals surface area contributed by atoms with Gasteiger partial charge in [0.05, 0.1) is 23.3 Å². The third-order valence-corrected chi connectivity index (χ3v) is 5.46. The summed E-state index contributed by atoms with van der Waals surface area (Å²) in [6.07, 6.45) is 2.07. The molecule has 2 amide bonds. The van der Waals surface area contributed by atoms with Gasteiger partial charge in [0.25, 0.3) is 5.91 Å².